The van der Waals surface area contributed by atoms with Crippen LogP contribution in [0.3, 0.4) is 0 Å². The van der Waals surface area contributed by atoms with Gasteiger partial charge >= 0.3 is 0 Å². The van der Waals surface area contributed by atoms with Crippen LogP contribution in [-0.2, 0) is 6.54 Å². The highest BCUT2D eigenvalue weighted by Gasteiger charge is 2.31. The van der Waals surface area contributed by atoms with Crippen LogP contribution >= 0.6 is 11.3 Å². The van der Waals surface area contributed by atoms with Crippen molar-refractivity contribution in [1.82, 2.24) is 9.97 Å². The van der Waals surface area contributed by atoms with E-state index in [0.29, 0.717) is 6.04 Å². The Morgan fingerprint density at radius 1 is 1.45 bits per heavy atom. The highest BCUT2D eigenvalue weighted by atomic mass is 32.1. The summed E-state index contributed by atoms with van der Waals surface area (Å²) in [5.74, 6) is 1.80. The van der Waals surface area contributed by atoms with Crippen LogP contribution in [0.15, 0.2) is 23.7 Å². The lowest BCUT2D eigenvalue weighted by Gasteiger charge is -2.24. The van der Waals surface area contributed by atoms with Crippen molar-refractivity contribution in [2.75, 3.05) is 16.8 Å². The second-order valence-corrected chi connectivity index (χ2v) is 6.20. The molecule has 0 atom stereocenters. The van der Waals surface area contributed by atoms with Crippen molar-refractivity contribution < 1.29 is 0 Å². The molecule has 106 valence electrons. The fraction of sp³-hybridized carbons (Fsp3) is 0.467. The molecule has 0 aromatic carbocycles. The first-order valence-corrected chi connectivity index (χ1v) is 8.02. The van der Waals surface area contributed by atoms with Gasteiger partial charge in [0.2, 0.25) is 5.95 Å². The summed E-state index contributed by atoms with van der Waals surface area (Å²) in [6, 6.07) is 4.95. The summed E-state index contributed by atoms with van der Waals surface area (Å²) in [5.41, 5.74) is 1.15. The number of anilines is 2. The Hall–Kier alpha value is -1.62. The highest BCUT2D eigenvalue weighted by Crippen LogP contribution is 2.34. The quantitative estimate of drug-likeness (QED) is 0.884. The molecule has 1 fully saturated rings. The predicted molar refractivity (Wildman–Crippen MR) is 84.5 cm³/mol. The molecule has 2 aromatic rings. The molecular weight excluding hydrogens is 268 g/mol. The van der Waals surface area contributed by atoms with E-state index in [1.54, 1.807) is 0 Å². The fourth-order valence-corrected chi connectivity index (χ4v) is 3.00. The highest BCUT2D eigenvalue weighted by molar-refractivity contribution is 7.09. The minimum absolute atomic E-state index is 0.639. The molecule has 0 radical (unpaired) electrons. The van der Waals surface area contributed by atoms with Gasteiger partial charge in [-0.3, -0.25) is 0 Å². The smallest absolute Gasteiger partial charge is 0.224 e. The number of nitrogens with zero attached hydrogens (tertiary/aromatic N) is 3. The normalized spacial score (nSPS) is 14.3. The van der Waals surface area contributed by atoms with Gasteiger partial charge in [-0.25, -0.2) is 4.98 Å². The van der Waals surface area contributed by atoms with Crippen LogP contribution < -0.4 is 10.2 Å². The van der Waals surface area contributed by atoms with E-state index in [-0.39, 0.29) is 0 Å². The van der Waals surface area contributed by atoms with Gasteiger partial charge in [-0.15, -0.1) is 11.3 Å². The second kappa shape index (κ2) is 5.79. The zero-order valence-electron chi connectivity index (χ0n) is 12.0. The van der Waals surface area contributed by atoms with Crippen molar-refractivity contribution in [1.29, 1.82) is 0 Å². The summed E-state index contributed by atoms with van der Waals surface area (Å²) < 4.78 is 0. The van der Waals surface area contributed by atoms with Gasteiger partial charge in [-0.1, -0.05) is 6.07 Å². The number of aryl methyl sites for hydroxylation is 1. The van der Waals surface area contributed by atoms with Crippen molar-refractivity contribution >= 4 is 23.1 Å². The Kier molecular flexibility index (Phi) is 3.87. The summed E-state index contributed by atoms with van der Waals surface area (Å²) in [6.07, 6.45) is 4.46. The minimum atomic E-state index is 0.639. The molecule has 0 unspecified atom stereocenters. The molecule has 20 heavy (non-hydrogen) atoms. The Balaban J connectivity index is 1.88. The summed E-state index contributed by atoms with van der Waals surface area (Å²) in [6.45, 7) is 5.95. The molecule has 2 heterocycles. The lowest BCUT2D eigenvalue weighted by Crippen LogP contribution is -2.27. The third-order valence-corrected chi connectivity index (χ3v) is 4.31. The Morgan fingerprint density at radius 3 is 2.95 bits per heavy atom. The summed E-state index contributed by atoms with van der Waals surface area (Å²) in [7, 11) is 0. The van der Waals surface area contributed by atoms with Crippen LogP contribution in [-0.4, -0.2) is 22.6 Å². The molecule has 2 aromatic heterocycles. The lowest BCUT2D eigenvalue weighted by molar-refractivity contribution is 0.778. The molecule has 5 heteroatoms. The topological polar surface area (TPSA) is 41.1 Å². The van der Waals surface area contributed by atoms with Crippen LogP contribution in [0.25, 0.3) is 0 Å². The molecule has 4 nitrogen and oxygen atoms in total. The number of nitrogens with one attached hydrogen (secondary N) is 1. The van der Waals surface area contributed by atoms with E-state index in [1.165, 1.54) is 17.7 Å². The van der Waals surface area contributed by atoms with Crippen molar-refractivity contribution in [3.05, 3.63) is 34.2 Å². The van der Waals surface area contributed by atoms with Gasteiger partial charge in [-0.05, 0) is 38.1 Å². The number of thiophene rings is 1. The van der Waals surface area contributed by atoms with Gasteiger partial charge in [0.1, 0.15) is 5.82 Å². The third kappa shape index (κ3) is 2.93. The number of hydrogen-bond donors (Lipinski definition) is 1. The van der Waals surface area contributed by atoms with Gasteiger partial charge < -0.3 is 10.2 Å². The maximum Gasteiger partial charge on any atom is 0.224 e. The average molecular weight is 288 g/mol. The largest absolute Gasteiger partial charge is 0.354 e. The van der Waals surface area contributed by atoms with Crippen LogP contribution in [0.4, 0.5) is 11.8 Å². The summed E-state index contributed by atoms with van der Waals surface area (Å²) >= 11 is 1.81. The van der Waals surface area contributed by atoms with Gasteiger partial charge in [0.25, 0.3) is 0 Å². The van der Waals surface area contributed by atoms with E-state index in [9.17, 15) is 0 Å². The molecule has 0 amide bonds. The molecule has 1 aliphatic rings. The summed E-state index contributed by atoms with van der Waals surface area (Å²) in [4.78, 5) is 12.9. The van der Waals surface area contributed by atoms with Gasteiger partial charge in [0, 0.05) is 29.2 Å². The monoisotopic (exact) mass is 288 g/mol. The Bertz CT molecular complexity index is 563. The first kappa shape index (κ1) is 13.4. The molecule has 3 rings (SSSR count). The Morgan fingerprint density at radius 2 is 2.30 bits per heavy atom. The molecule has 0 aliphatic heterocycles. The predicted octanol–water partition coefficient (Wildman–Crippen LogP) is 3.45. The van der Waals surface area contributed by atoms with E-state index in [4.69, 9.17) is 4.98 Å². The van der Waals surface area contributed by atoms with Crippen LogP contribution in [0.1, 0.15) is 30.2 Å². The van der Waals surface area contributed by atoms with Gasteiger partial charge in [-0.2, -0.15) is 4.98 Å². The first-order valence-electron chi connectivity index (χ1n) is 7.14. The van der Waals surface area contributed by atoms with Gasteiger partial charge in [0.15, 0.2) is 0 Å². The molecule has 0 bridgehead atoms. The second-order valence-electron chi connectivity index (χ2n) is 5.17. The third-order valence-electron chi connectivity index (χ3n) is 3.45. The average Bonchev–Trinajstić information content (AvgIpc) is 3.16. The standard InChI is InChI=1S/C15H20N4S/c1-3-16-15-17-9-11(2)14(18-15)19(12-6-7-12)10-13-5-4-8-20-13/h4-5,8-9,12H,3,6-7,10H2,1-2H3,(H,16,17,18). The fourth-order valence-electron chi connectivity index (χ4n) is 2.30. The van der Waals surface area contributed by atoms with E-state index >= 15 is 0 Å². The van der Waals surface area contributed by atoms with Crippen LogP contribution in [0, 0.1) is 6.92 Å². The van der Waals surface area contributed by atoms with Crippen molar-refractivity contribution in [2.24, 2.45) is 0 Å². The van der Waals surface area contributed by atoms with E-state index in [2.05, 4.69) is 46.6 Å². The van der Waals surface area contributed by atoms with Crippen LogP contribution in [0.5, 0.6) is 0 Å². The van der Waals surface area contributed by atoms with E-state index < -0.39 is 0 Å². The van der Waals surface area contributed by atoms with Crippen molar-refractivity contribution in [3.63, 3.8) is 0 Å². The minimum Gasteiger partial charge on any atom is -0.354 e. The SMILES string of the molecule is CCNc1ncc(C)c(N(Cc2cccs2)C2CC2)n1. The van der Waals surface area contributed by atoms with Crippen molar-refractivity contribution in [3.8, 4) is 0 Å². The number of rotatable bonds is 6. The zero-order chi connectivity index (χ0) is 13.9. The zero-order valence-corrected chi connectivity index (χ0v) is 12.8. The first-order chi connectivity index (χ1) is 9.78. The number of hydrogen-bond acceptors (Lipinski definition) is 5. The Labute approximate surface area is 123 Å². The molecule has 1 aliphatic carbocycles. The van der Waals surface area contributed by atoms with Gasteiger partial charge in [0.05, 0.1) is 6.54 Å². The molecular formula is C15H20N4S. The van der Waals surface area contributed by atoms with Crippen molar-refractivity contribution in [2.45, 2.75) is 39.3 Å². The molecule has 0 saturated heterocycles. The summed E-state index contributed by atoms with van der Waals surface area (Å²) in [5, 5.41) is 5.34. The maximum atomic E-state index is 4.71. The van der Waals surface area contributed by atoms with Crippen LogP contribution in [0.2, 0.25) is 0 Å². The number of aromatic nitrogens is 2. The maximum absolute atomic E-state index is 4.71. The van der Waals surface area contributed by atoms with E-state index in [0.717, 1.165) is 30.4 Å². The lowest BCUT2D eigenvalue weighted by atomic mass is 10.3. The molecule has 1 saturated carbocycles. The molecule has 0 spiro atoms. The van der Waals surface area contributed by atoms with E-state index in [1.807, 2.05) is 17.5 Å². The molecule has 1 N–H and O–H groups in total.